The summed E-state index contributed by atoms with van der Waals surface area (Å²) in [7, 11) is 1.63. The Bertz CT molecular complexity index is 1210. The zero-order valence-corrected chi connectivity index (χ0v) is 17.3. The van der Waals surface area contributed by atoms with Crippen LogP contribution in [-0.4, -0.2) is 29.1 Å². The third-order valence-electron chi connectivity index (χ3n) is 4.77. The molecular formula is C23H21N3O3S. The van der Waals surface area contributed by atoms with E-state index in [1.54, 1.807) is 7.11 Å². The van der Waals surface area contributed by atoms with Crippen molar-refractivity contribution in [3.05, 3.63) is 82.9 Å². The predicted molar refractivity (Wildman–Crippen MR) is 119 cm³/mol. The van der Waals surface area contributed by atoms with Gasteiger partial charge in [0, 0.05) is 11.4 Å². The molecule has 1 amide bonds. The van der Waals surface area contributed by atoms with Crippen molar-refractivity contribution in [2.24, 2.45) is 0 Å². The Morgan fingerprint density at radius 1 is 1.13 bits per heavy atom. The van der Waals surface area contributed by atoms with Crippen LogP contribution in [0, 0.1) is 0 Å². The number of ether oxygens (including phenoxy) is 1. The maximum atomic E-state index is 12.8. The molecule has 4 rings (SSSR count). The average Bonchev–Trinajstić information content (AvgIpc) is 3.22. The van der Waals surface area contributed by atoms with Crippen molar-refractivity contribution in [2.75, 3.05) is 13.7 Å². The number of benzene rings is 2. The zero-order chi connectivity index (χ0) is 20.9. The van der Waals surface area contributed by atoms with Crippen molar-refractivity contribution in [2.45, 2.75) is 13.0 Å². The minimum atomic E-state index is -0.216. The molecule has 0 saturated carbocycles. The van der Waals surface area contributed by atoms with Crippen molar-refractivity contribution in [1.82, 2.24) is 14.9 Å². The van der Waals surface area contributed by atoms with Crippen molar-refractivity contribution in [3.63, 3.8) is 0 Å². The molecule has 4 aromatic rings. The largest absolute Gasteiger partial charge is 0.497 e. The number of rotatable bonds is 7. The summed E-state index contributed by atoms with van der Waals surface area (Å²) in [4.78, 5) is 30.5. The molecule has 2 heterocycles. The number of hydrogen-bond acceptors (Lipinski definition) is 5. The second kappa shape index (κ2) is 8.92. The first kappa shape index (κ1) is 19.8. The third kappa shape index (κ3) is 4.41. The maximum absolute atomic E-state index is 12.8. The molecule has 0 spiro atoms. The predicted octanol–water partition coefficient (Wildman–Crippen LogP) is 3.49. The summed E-state index contributed by atoms with van der Waals surface area (Å²) in [6.07, 6.45) is 2.14. The lowest BCUT2D eigenvalue weighted by atomic mass is 10.1. The normalized spacial score (nSPS) is 10.8. The van der Waals surface area contributed by atoms with Gasteiger partial charge >= 0.3 is 0 Å². The Balaban J connectivity index is 1.41. The highest BCUT2D eigenvalue weighted by Crippen LogP contribution is 2.30. The van der Waals surface area contributed by atoms with E-state index < -0.39 is 0 Å². The van der Waals surface area contributed by atoms with E-state index in [-0.39, 0.29) is 18.0 Å². The lowest BCUT2D eigenvalue weighted by molar-refractivity contribution is -0.121. The molecule has 0 saturated heterocycles. The van der Waals surface area contributed by atoms with Crippen LogP contribution in [0.3, 0.4) is 0 Å². The van der Waals surface area contributed by atoms with Crippen LogP contribution in [0.4, 0.5) is 0 Å². The second-order valence-electron chi connectivity index (χ2n) is 6.82. The molecule has 30 heavy (non-hydrogen) atoms. The number of hydrogen-bond donors (Lipinski definition) is 1. The summed E-state index contributed by atoms with van der Waals surface area (Å²) in [5.74, 6) is 0.584. The highest BCUT2D eigenvalue weighted by molar-refractivity contribution is 7.22. The minimum absolute atomic E-state index is 0.0526. The van der Waals surface area contributed by atoms with Gasteiger partial charge < -0.3 is 10.1 Å². The topological polar surface area (TPSA) is 73.2 Å². The summed E-state index contributed by atoms with van der Waals surface area (Å²) in [6, 6.07) is 19.5. The SMILES string of the molecule is COc1ccc(CCNC(=O)Cn2cnc3cc(-c4ccccc4)sc3c2=O)cc1. The van der Waals surface area contributed by atoms with Gasteiger partial charge in [0.2, 0.25) is 5.91 Å². The van der Waals surface area contributed by atoms with E-state index in [4.69, 9.17) is 4.74 Å². The highest BCUT2D eigenvalue weighted by atomic mass is 32.1. The van der Waals surface area contributed by atoms with Crippen LogP contribution in [0.15, 0.2) is 71.8 Å². The first-order chi connectivity index (χ1) is 14.6. The van der Waals surface area contributed by atoms with Gasteiger partial charge in [-0.3, -0.25) is 14.2 Å². The smallest absolute Gasteiger partial charge is 0.271 e. The number of nitrogens with one attached hydrogen (secondary N) is 1. The van der Waals surface area contributed by atoms with Gasteiger partial charge in [-0.25, -0.2) is 4.98 Å². The van der Waals surface area contributed by atoms with Gasteiger partial charge in [-0.05, 0) is 35.7 Å². The number of methoxy groups -OCH3 is 1. The van der Waals surface area contributed by atoms with Crippen LogP contribution in [0.25, 0.3) is 20.7 Å². The molecule has 0 atom stereocenters. The molecular weight excluding hydrogens is 398 g/mol. The number of thiophene rings is 1. The molecule has 0 unspecified atom stereocenters. The molecule has 152 valence electrons. The first-order valence-corrected chi connectivity index (χ1v) is 10.4. The average molecular weight is 420 g/mol. The van der Waals surface area contributed by atoms with Crippen molar-refractivity contribution in [3.8, 4) is 16.2 Å². The van der Waals surface area contributed by atoms with Gasteiger partial charge in [-0.15, -0.1) is 11.3 Å². The van der Waals surface area contributed by atoms with E-state index in [0.29, 0.717) is 23.2 Å². The Morgan fingerprint density at radius 2 is 1.90 bits per heavy atom. The zero-order valence-electron chi connectivity index (χ0n) is 16.5. The summed E-state index contributed by atoms with van der Waals surface area (Å²) in [5, 5.41) is 2.86. The molecule has 0 fully saturated rings. The molecule has 0 aliphatic heterocycles. The summed E-state index contributed by atoms with van der Waals surface area (Å²) >= 11 is 1.40. The van der Waals surface area contributed by atoms with Gasteiger partial charge in [-0.1, -0.05) is 42.5 Å². The van der Waals surface area contributed by atoms with Crippen molar-refractivity contribution < 1.29 is 9.53 Å². The molecule has 0 bridgehead atoms. The van der Waals surface area contributed by atoms with E-state index >= 15 is 0 Å². The summed E-state index contributed by atoms with van der Waals surface area (Å²) in [6.45, 7) is 0.440. The molecule has 0 aliphatic rings. The summed E-state index contributed by atoms with van der Waals surface area (Å²) < 4.78 is 7.05. The van der Waals surface area contributed by atoms with Crippen LogP contribution < -0.4 is 15.6 Å². The van der Waals surface area contributed by atoms with Crippen molar-refractivity contribution in [1.29, 1.82) is 0 Å². The number of carbonyl (C=O) groups excluding carboxylic acids is 1. The van der Waals surface area contributed by atoms with E-state index in [2.05, 4.69) is 10.3 Å². The molecule has 2 aromatic heterocycles. The molecule has 7 heteroatoms. The fourth-order valence-electron chi connectivity index (χ4n) is 3.15. The first-order valence-electron chi connectivity index (χ1n) is 9.58. The van der Waals surface area contributed by atoms with E-state index in [1.807, 2.05) is 60.7 Å². The standard InChI is InChI=1S/C23H21N3O3S/c1-29-18-9-7-16(8-10-18)11-12-24-21(27)14-26-15-25-19-13-20(30-22(19)23(26)28)17-5-3-2-4-6-17/h2-10,13,15H,11-12,14H2,1H3,(H,24,27). The van der Waals surface area contributed by atoms with Gasteiger partial charge in [0.1, 0.15) is 17.0 Å². The van der Waals surface area contributed by atoms with Gasteiger partial charge in [0.15, 0.2) is 0 Å². The highest BCUT2D eigenvalue weighted by Gasteiger charge is 2.12. The van der Waals surface area contributed by atoms with Crippen LogP contribution in [0.5, 0.6) is 5.75 Å². The Labute approximate surface area is 177 Å². The van der Waals surface area contributed by atoms with Crippen LogP contribution in [-0.2, 0) is 17.8 Å². The number of fused-ring (bicyclic) bond motifs is 1. The van der Waals surface area contributed by atoms with Crippen LogP contribution in [0.1, 0.15) is 5.56 Å². The molecule has 6 nitrogen and oxygen atoms in total. The maximum Gasteiger partial charge on any atom is 0.271 e. The number of carbonyl (C=O) groups is 1. The Hall–Kier alpha value is -3.45. The van der Waals surface area contributed by atoms with E-state index in [9.17, 15) is 9.59 Å². The Kier molecular flexibility index (Phi) is 5.90. The number of nitrogens with zero attached hydrogens (tertiary/aromatic N) is 2. The summed E-state index contributed by atoms with van der Waals surface area (Å²) in [5.41, 5.74) is 2.60. The molecule has 2 aromatic carbocycles. The van der Waals surface area contributed by atoms with Crippen LogP contribution in [0.2, 0.25) is 0 Å². The molecule has 1 N–H and O–H groups in total. The quantitative estimate of drug-likeness (QED) is 0.498. The van der Waals surface area contributed by atoms with Crippen LogP contribution >= 0.6 is 11.3 Å². The molecule has 0 radical (unpaired) electrons. The monoisotopic (exact) mass is 419 g/mol. The van der Waals surface area contributed by atoms with Gasteiger partial charge in [0.25, 0.3) is 5.56 Å². The lowest BCUT2D eigenvalue weighted by Gasteiger charge is -2.08. The molecule has 0 aliphatic carbocycles. The second-order valence-corrected chi connectivity index (χ2v) is 7.87. The minimum Gasteiger partial charge on any atom is -0.497 e. The van der Waals surface area contributed by atoms with Gasteiger partial charge in [0.05, 0.1) is 19.0 Å². The lowest BCUT2D eigenvalue weighted by Crippen LogP contribution is -2.33. The van der Waals surface area contributed by atoms with Crippen molar-refractivity contribution >= 4 is 27.5 Å². The number of aromatic nitrogens is 2. The van der Waals surface area contributed by atoms with E-state index in [0.717, 1.165) is 21.8 Å². The third-order valence-corrected chi connectivity index (χ3v) is 5.93. The number of amides is 1. The fourth-order valence-corrected chi connectivity index (χ4v) is 4.22. The Morgan fingerprint density at radius 3 is 2.63 bits per heavy atom. The fraction of sp³-hybridized carbons (Fsp3) is 0.174. The van der Waals surface area contributed by atoms with E-state index in [1.165, 1.54) is 22.2 Å². The van der Waals surface area contributed by atoms with Gasteiger partial charge in [-0.2, -0.15) is 0 Å².